The molecule has 1 saturated carbocycles. The van der Waals surface area contributed by atoms with Crippen LogP contribution in [0.5, 0.6) is 0 Å². The van der Waals surface area contributed by atoms with Crippen LogP contribution >= 0.6 is 0 Å². The van der Waals surface area contributed by atoms with Crippen molar-refractivity contribution >= 4 is 11.1 Å². The lowest BCUT2D eigenvalue weighted by Gasteiger charge is -2.32. The van der Waals surface area contributed by atoms with Gasteiger partial charge in [-0.15, -0.1) is 0 Å². The van der Waals surface area contributed by atoms with Gasteiger partial charge in [0.15, 0.2) is 5.58 Å². The summed E-state index contributed by atoms with van der Waals surface area (Å²) < 4.78 is 6.01. The molecule has 1 heterocycles. The topological polar surface area (TPSA) is 52.0 Å². The summed E-state index contributed by atoms with van der Waals surface area (Å²) in [5, 5.41) is 0. The molecule has 1 aliphatic rings. The molecule has 0 radical (unpaired) electrons. The predicted octanol–water partition coefficient (Wildman–Crippen LogP) is 3.55. The smallest absolute Gasteiger partial charge is 0.202 e. The Balaban J connectivity index is 2.03. The molecule has 2 N–H and O–H groups in total. The SMILES string of the molecule is CCc1ccc2oc(C3(CN)CCCCC3)nc2c1. The quantitative estimate of drug-likeness (QED) is 0.916. The van der Waals surface area contributed by atoms with Gasteiger partial charge in [-0.25, -0.2) is 4.98 Å². The maximum atomic E-state index is 6.05. The van der Waals surface area contributed by atoms with Crippen LogP contribution in [0.1, 0.15) is 50.5 Å². The van der Waals surface area contributed by atoms with Crippen LogP contribution in [0.4, 0.5) is 0 Å². The first-order valence-corrected chi connectivity index (χ1v) is 7.37. The molecule has 0 bridgehead atoms. The number of fused-ring (bicyclic) bond motifs is 1. The van der Waals surface area contributed by atoms with Crippen LogP contribution < -0.4 is 5.73 Å². The van der Waals surface area contributed by atoms with Gasteiger partial charge in [-0.05, 0) is 37.0 Å². The normalized spacial score (nSPS) is 18.8. The molecule has 19 heavy (non-hydrogen) atoms. The number of hydrogen-bond donors (Lipinski definition) is 1. The molecule has 3 rings (SSSR count). The van der Waals surface area contributed by atoms with Crippen molar-refractivity contribution in [3.63, 3.8) is 0 Å². The van der Waals surface area contributed by atoms with Gasteiger partial charge in [0.05, 0.1) is 5.41 Å². The van der Waals surface area contributed by atoms with Gasteiger partial charge in [-0.3, -0.25) is 0 Å². The van der Waals surface area contributed by atoms with Crippen LogP contribution in [-0.2, 0) is 11.8 Å². The average molecular weight is 258 g/mol. The Hall–Kier alpha value is -1.35. The molecule has 1 fully saturated rings. The molecule has 0 aliphatic heterocycles. The molecular formula is C16H22N2O. The number of hydrogen-bond acceptors (Lipinski definition) is 3. The summed E-state index contributed by atoms with van der Waals surface area (Å²) in [5.41, 5.74) is 9.20. The van der Waals surface area contributed by atoms with E-state index in [-0.39, 0.29) is 5.41 Å². The summed E-state index contributed by atoms with van der Waals surface area (Å²) >= 11 is 0. The van der Waals surface area contributed by atoms with Gasteiger partial charge in [-0.2, -0.15) is 0 Å². The van der Waals surface area contributed by atoms with Crippen molar-refractivity contribution in [1.29, 1.82) is 0 Å². The van der Waals surface area contributed by atoms with Gasteiger partial charge in [0.25, 0.3) is 0 Å². The fourth-order valence-electron chi connectivity index (χ4n) is 3.15. The number of benzene rings is 1. The number of nitrogens with zero attached hydrogens (tertiary/aromatic N) is 1. The first-order chi connectivity index (χ1) is 9.27. The lowest BCUT2D eigenvalue weighted by Crippen LogP contribution is -2.37. The van der Waals surface area contributed by atoms with Crippen LogP contribution in [-0.4, -0.2) is 11.5 Å². The van der Waals surface area contributed by atoms with Crippen molar-refractivity contribution in [2.45, 2.75) is 50.9 Å². The standard InChI is InChI=1S/C16H22N2O/c1-2-12-6-7-14-13(10-12)18-15(19-14)16(11-17)8-4-3-5-9-16/h6-7,10H,2-5,8-9,11,17H2,1H3. The maximum absolute atomic E-state index is 6.05. The Morgan fingerprint density at radius 1 is 1.26 bits per heavy atom. The van der Waals surface area contributed by atoms with Gasteiger partial charge in [-0.1, -0.05) is 32.3 Å². The third-order valence-corrected chi connectivity index (χ3v) is 4.52. The lowest BCUT2D eigenvalue weighted by molar-refractivity contribution is 0.247. The van der Waals surface area contributed by atoms with Crippen LogP contribution in [0.25, 0.3) is 11.1 Å². The number of oxazole rings is 1. The number of aromatic nitrogens is 1. The zero-order valence-electron chi connectivity index (χ0n) is 11.6. The Kier molecular flexibility index (Phi) is 3.31. The molecule has 1 aromatic heterocycles. The summed E-state index contributed by atoms with van der Waals surface area (Å²) in [6.45, 7) is 2.80. The van der Waals surface area contributed by atoms with Crippen molar-refractivity contribution in [3.8, 4) is 0 Å². The molecule has 0 spiro atoms. The van der Waals surface area contributed by atoms with E-state index < -0.39 is 0 Å². The molecule has 0 unspecified atom stereocenters. The highest BCUT2D eigenvalue weighted by molar-refractivity contribution is 5.73. The molecule has 3 nitrogen and oxygen atoms in total. The summed E-state index contributed by atoms with van der Waals surface area (Å²) in [5.74, 6) is 0.859. The Labute approximate surface area is 114 Å². The largest absolute Gasteiger partial charge is 0.440 e. The summed E-state index contributed by atoms with van der Waals surface area (Å²) in [4.78, 5) is 4.74. The molecule has 3 heteroatoms. The second kappa shape index (κ2) is 4.97. The second-order valence-corrected chi connectivity index (χ2v) is 5.72. The minimum atomic E-state index is -0.0242. The van der Waals surface area contributed by atoms with Crippen molar-refractivity contribution in [1.82, 2.24) is 4.98 Å². The molecule has 2 aromatic rings. The van der Waals surface area contributed by atoms with Gasteiger partial charge in [0.1, 0.15) is 5.52 Å². The van der Waals surface area contributed by atoms with Crippen molar-refractivity contribution in [2.24, 2.45) is 5.73 Å². The molecule has 0 amide bonds. The monoisotopic (exact) mass is 258 g/mol. The van der Waals surface area contributed by atoms with E-state index in [9.17, 15) is 0 Å². The first-order valence-electron chi connectivity index (χ1n) is 7.37. The Bertz CT molecular complexity index is 567. The summed E-state index contributed by atoms with van der Waals surface area (Å²) in [7, 11) is 0. The lowest BCUT2D eigenvalue weighted by atomic mass is 9.74. The molecule has 0 saturated heterocycles. The van der Waals surface area contributed by atoms with Gasteiger partial charge >= 0.3 is 0 Å². The zero-order chi connectivity index (χ0) is 13.3. The summed E-state index contributed by atoms with van der Waals surface area (Å²) in [6.07, 6.45) is 7.02. The van der Waals surface area contributed by atoms with Crippen LogP contribution in [0, 0.1) is 0 Å². The van der Waals surface area contributed by atoms with Crippen LogP contribution in [0.2, 0.25) is 0 Å². The highest BCUT2D eigenvalue weighted by Gasteiger charge is 2.37. The molecular weight excluding hydrogens is 236 g/mol. The van der Waals surface area contributed by atoms with E-state index in [1.54, 1.807) is 0 Å². The second-order valence-electron chi connectivity index (χ2n) is 5.72. The van der Waals surface area contributed by atoms with Crippen molar-refractivity contribution in [3.05, 3.63) is 29.7 Å². The van der Waals surface area contributed by atoms with E-state index in [1.165, 1.54) is 24.8 Å². The fourth-order valence-corrected chi connectivity index (χ4v) is 3.15. The van der Waals surface area contributed by atoms with Gasteiger partial charge < -0.3 is 10.2 Å². The summed E-state index contributed by atoms with van der Waals surface area (Å²) in [6, 6.07) is 6.29. The van der Waals surface area contributed by atoms with E-state index in [2.05, 4.69) is 19.1 Å². The van der Waals surface area contributed by atoms with Gasteiger partial charge in [0.2, 0.25) is 5.89 Å². The van der Waals surface area contributed by atoms with Crippen molar-refractivity contribution in [2.75, 3.05) is 6.54 Å². The van der Waals surface area contributed by atoms with Crippen LogP contribution in [0.15, 0.2) is 22.6 Å². The maximum Gasteiger partial charge on any atom is 0.202 e. The molecule has 102 valence electrons. The highest BCUT2D eigenvalue weighted by atomic mass is 16.3. The molecule has 1 aliphatic carbocycles. The number of nitrogens with two attached hydrogens (primary N) is 1. The minimum absolute atomic E-state index is 0.0242. The fraction of sp³-hybridized carbons (Fsp3) is 0.562. The van der Waals surface area contributed by atoms with Crippen LogP contribution in [0.3, 0.4) is 0 Å². The van der Waals surface area contributed by atoms with E-state index in [1.807, 2.05) is 6.07 Å². The Morgan fingerprint density at radius 2 is 2.05 bits per heavy atom. The third kappa shape index (κ3) is 2.16. The first kappa shape index (κ1) is 12.7. The highest BCUT2D eigenvalue weighted by Crippen LogP contribution is 2.39. The van der Waals surface area contributed by atoms with Crippen molar-refractivity contribution < 1.29 is 4.42 Å². The van der Waals surface area contributed by atoms with E-state index in [4.69, 9.17) is 15.1 Å². The third-order valence-electron chi connectivity index (χ3n) is 4.52. The number of aryl methyl sites for hydroxylation is 1. The number of rotatable bonds is 3. The minimum Gasteiger partial charge on any atom is -0.440 e. The predicted molar refractivity (Wildman–Crippen MR) is 77.2 cm³/mol. The zero-order valence-corrected chi connectivity index (χ0v) is 11.6. The average Bonchev–Trinajstić information content (AvgIpc) is 2.91. The van der Waals surface area contributed by atoms with Gasteiger partial charge in [0, 0.05) is 6.54 Å². The van der Waals surface area contributed by atoms with E-state index in [0.29, 0.717) is 6.54 Å². The van der Waals surface area contributed by atoms with E-state index >= 15 is 0 Å². The van der Waals surface area contributed by atoms with E-state index in [0.717, 1.165) is 36.3 Å². The Morgan fingerprint density at radius 3 is 2.74 bits per heavy atom. The molecule has 1 aromatic carbocycles. The molecule has 0 atom stereocenters.